The summed E-state index contributed by atoms with van der Waals surface area (Å²) in [6.07, 6.45) is 55.6. The van der Waals surface area contributed by atoms with Gasteiger partial charge in [0.15, 0.2) is 0 Å². The lowest BCUT2D eigenvalue weighted by molar-refractivity contribution is -0.154. The molecule has 4 heteroatoms. The second-order valence-electron chi connectivity index (χ2n) is 13.7. The topological polar surface area (TPSA) is 55.8 Å². The van der Waals surface area contributed by atoms with E-state index in [9.17, 15) is 9.90 Å². The minimum absolute atomic E-state index is 0.182. The Kier molecular flexibility index (Phi) is 40.6. The molecule has 0 aromatic heterocycles. The quantitative estimate of drug-likeness (QED) is 0.0399. The van der Waals surface area contributed by atoms with Crippen molar-refractivity contribution in [1.82, 2.24) is 0 Å². The van der Waals surface area contributed by atoms with E-state index in [1.807, 2.05) is 0 Å². The van der Waals surface area contributed by atoms with Gasteiger partial charge >= 0.3 is 5.97 Å². The molecule has 0 spiro atoms. The van der Waals surface area contributed by atoms with E-state index in [1.165, 1.54) is 122 Å². The number of rotatable bonds is 38. The lowest BCUT2D eigenvalue weighted by Crippen LogP contribution is -2.27. The van der Waals surface area contributed by atoms with E-state index in [4.69, 9.17) is 9.47 Å². The van der Waals surface area contributed by atoms with Gasteiger partial charge in [-0.2, -0.15) is 0 Å². The van der Waals surface area contributed by atoms with Gasteiger partial charge in [-0.15, -0.1) is 0 Å². The maximum absolute atomic E-state index is 12.2. The lowest BCUT2D eigenvalue weighted by Gasteiger charge is -2.15. The number of aliphatic hydroxyl groups excluding tert-OH is 1. The highest BCUT2D eigenvalue weighted by molar-refractivity contribution is 5.69. The van der Waals surface area contributed by atoms with E-state index < -0.39 is 6.10 Å². The van der Waals surface area contributed by atoms with Crippen molar-refractivity contribution < 1.29 is 19.4 Å². The van der Waals surface area contributed by atoms with Crippen LogP contribution in [0.15, 0.2) is 60.8 Å². The summed E-state index contributed by atoms with van der Waals surface area (Å²) in [5.41, 5.74) is 0. The highest BCUT2D eigenvalue weighted by Crippen LogP contribution is 2.12. The number of unbranched alkanes of at least 4 members (excludes halogenated alkanes) is 20. The highest BCUT2D eigenvalue weighted by Gasteiger charge is 2.13. The summed E-state index contributed by atoms with van der Waals surface area (Å²) in [7, 11) is 0. The first-order chi connectivity index (χ1) is 24.2. The molecule has 4 nitrogen and oxygen atoms in total. The van der Waals surface area contributed by atoms with E-state index in [-0.39, 0.29) is 19.2 Å². The van der Waals surface area contributed by atoms with Crippen molar-refractivity contribution in [3.8, 4) is 0 Å². The smallest absolute Gasteiger partial charge is 0.306 e. The molecule has 1 N–H and O–H groups in total. The summed E-state index contributed by atoms with van der Waals surface area (Å²) in [6.45, 7) is 5.24. The summed E-state index contributed by atoms with van der Waals surface area (Å²) < 4.78 is 11.1. The van der Waals surface area contributed by atoms with Crippen molar-refractivity contribution in [2.45, 2.75) is 200 Å². The van der Waals surface area contributed by atoms with Gasteiger partial charge in [-0.3, -0.25) is 4.79 Å². The maximum atomic E-state index is 12.2. The number of hydrogen-bond donors (Lipinski definition) is 1. The second-order valence-corrected chi connectivity index (χ2v) is 13.7. The van der Waals surface area contributed by atoms with Gasteiger partial charge in [-0.25, -0.2) is 0 Å². The minimum Gasteiger partial charge on any atom is -0.457 e. The van der Waals surface area contributed by atoms with Crippen molar-refractivity contribution in [1.29, 1.82) is 0 Å². The normalized spacial score (nSPS) is 13.0. The van der Waals surface area contributed by atoms with Crippen LogP contribution in [0, 0.1) is 0 Å². The molecule has 284 valence electrons. The van der Waals surface area contributed by atoms with Crippen LogP contribution in [0.5, 0.6) is 0 Å². The zero-order valence-electron chi connectivity index (χ0n) is 32.4. The van der Waals surface area contributed by atoms with Crippen LogP contribution in [0.3, 0.4) is 0 Å². The van der Waals surface area contributed by atoms with Crippen molar-refractivity contribution in [2.24, 2.45) is 0 Å². The number of aliphatic hydroxyl groups is 1. The molecule has 0 saturated heterocycles. The lowest BCUT2D eigenvalue weighted by atomic mass is 10.1. The average molecular weight is 685 g/mol. The molecule has 0 bridgehead atoms. The first-order valence-electron chi connectivity index (χ1n) is 20.9. The van der Waals surface area contributed by atoms with Crippen LogP contribution in [0.4, 0.5) is 0 Å². The van der Waals surface area contributed by atoms with Gasteiger partial charge in [-0.05, 0) is 77.0 Å². The van der Waals surface area contributed by atoms with Crippen molar-refractivity contribution in [2.75, 3.05) is 19.8 Å². The Morgan fingerprint density at radius 2 is 0.898 bits per heavy atom. The Labute approximate surface area is 305 Å². The number of carbonyl (C=O) groups is 1. The molecule has 1 unspecified atom stereocenters. The van der Waals surface area contributed by atoms with Gasteiger partial charge in [0.1, 0.15) is 6.10 Å². The van der Waals surface area contributed by atoms with Crippen LogP contribution in [0.1, 0.15) is 194 Å². The first-order valence-corrected chi connectivity index (χ1v) is 20.9. The van der Waals surface area contributed by atoms with Crippen molar-refractivity contribution >= 4 is 5.97 Å². The van der Waals surface area contributed by atoms with Gasteiger partial charge in [0, 0.05) is 13.0 Å². The molecule has 0 aromatic carbocycles. The number of esters is 1. The van der Waals surface area contributed by atoms with Crippen LogP contribution in [-0.4, -0.2) is 37.0 Å². The van der Waals surface area contributed by atoms with Crippen LogP contribution in [0.25, 0.3) is 0 Å². The zero-order valence-corrected chi connectivity index (χ0v) is 32.4. The number of hydrogen-bond acceptors (Lipinski definition) is 4. The monoisotopic (exact) mass is 685 g/mol. The van der Waals surface area contributed by atoms with E-state index in [1.54, 1.807) is 0 Å². The molecule has 1 atom stereocenters. The molecule has 0 heterocycles. The van der Waals surface area contributed by atoms with Crippen molar-refractivity contribution in [3.63, 3.8) is 0 Å². The standard InChI is InChI=1S/C45H80O4/c1-3-5-7-9-11-13-15-17-18-19-20-21-22-23-24-25-26-27-29-31-33-35-37-39-41-48-43-44(42-46)49-45(47)40-38-36-34-32-30-28-16-14-12-10-8-6-4-2/h8,10,14-17,19-20,22-23,44,46H,3-7,9,11-13,18,21,24-43H2,1-2H3/b10-8-,16-14-,17-15-,20-19-,23-22-. The summed E-state index contributed by atoms with van der Waals surface area (Å²) >= 11 is 0. The first kappa shape index (κ1) is 47.1. The van der Waals surface area contributed by atoms with Gasteiger partial charge in [0.05, 0.1) is 13.2 Å². The fourth-order valence-corrected chi connectivity index (χ4v) is 5.67. The van der Waals surface area contributed by atoms with Crippen LogP contribution >= 0.6 is 0 Å². The summed E-state index contributed by atoms with van der Waals surface area (Å²) in [4.78, 5) is 12.2. The van der Waals surface area contributed by atoms with Gasteiger partial charge in [0.25, 0.3) is 0 Å². The van der Waals surface area contributed by atoms with Crippen LogP contribution in [0.2, 0.25) is 0 Å². The molecule has 0 rings (SSSR count). The average Bonchev–Trinajstić information content (AvgIpc) is 3.11. The largest absolute Gasteiger partial charge is 0.457 e. The molecule has 0 aliphatic carbocycles. The molecule has 0 aliphatic heterocycles. The van der Waals surface area contributed by atoms with E-state index >= 15 is 0 Å². The molecule has 0 amide bonds. The minimum atomic E-state index is -0.546. The van der Waals surface area contributed by atoms with E-state index in [2.05, 4.69) is 74.6 Å². The molecular formula is C45H80O4. The van der Waals surface area contributed by atoms with Gasteiger partial charge in [-0.1, -0.05) is 171 Å². The molecule has 0 saturated carbocycles. The third kappa shape index (κ3) is 40.4. The number of carbonyl (C=O) groups excluding carboxylic acids is 1. The zero-order chi connectivity index (χ0) is 35.6. The molecular weight excluding hydrogens is 604 g/mol. The third-order valence-electron chi connectivity index (χ3n) is 8.80. The summed E-state index contributed by atoms with van der Waals surface area (Å²) in [5.74, 6) is -0.219. The highest BCUT2D eigenvalue weighted by atomic mass is 16.6. The fourth-order valence-electron chi connectivity index (χ4n) is 5.67. The molecule has 49 heavy (non-hydrogen) atoms. The summed E-state index contributed by atoms with van der Waals surface area (Å²) in [6, 6.07) is 0. The Morgan fingerprint density at radius 3 is 1.37 bits per heavy atom. The van der Waals surface area contributed by atoms with E-state index in [0.717, 1.165) is 51.4 Å². The molecule has 0 fully saturated rings. The van der Waals surface area contributed by atoms with Crippen molar-refractivity contribution in [3.05, 3.63) is 60.8 Å². The molecule has 0 aliphatic rings. The third-order valence-corrected chi connectivity index (χ3v) is 8.80. The Morgan fingerprint density at radius 1 is 0.490 bits per heavy atom. The summed E-state index contributed by atoms with van der Waals surface area (Å²) in [5, 5.41) is 9.58. The second kappa shape index (κ2) is 42.3. The van der Waals surface area contributed by atoms with Gasteiger partial charge in [0.2, 0.25) is 0 Å². The molecule has 0 aromatic rings. The Bertz CT molecular complexity index is 809. The fraction of sp³-hybridized carbons (Fsp3) is 0.756. The van der Waals surface area contributed by atoms with E-state index in [0.29, 0.717) is 13.0 Å². The predicted octanol–water partition coefficient (Wildman–Crippen LogP) is 13.7. The Hall–Kier alpha value is -1.91. The number of allylic oxidation sites excluding steroid dienone is 10. The van der Waals surface area contributed by atoms with Crippen LogP contribution < -0.4 is 0 Å². The maximum Gasteiger partial charge on any atom is 0.306 e. The molecule has 0 radical (unpaired) electrons. The predicted molar refractivity (Wildman–Crippen MR) is 214 cm³/mol. The SMILES string of the molecule is CCC/C=C\C/C=C\CCCCCCCC(=O)OC(CO)COCCCCCCCCCCC/C=C\C/C=C\C/C=C\CCCCCCC. The number of ether oxygens (including phenoxy) is 2. The van der Waals surface area contributed by atoms with Crippen LogP contribution in [-0.2, 0) is 14.3 Å². The van der Waals surface area contributed by atoms with Gasteiger partial charge < -0.3 is 14.6 Å². The Balaban J connectivity index is 3.46.